The molecule has 3 heterocycles. The average molecular weight is 402 g/mol. The standard InChI is InChI=1S/C24H26N4O2/c1-3-5-8-18-9-6-11-21(26-18)17-13-22-20(23(14-17)30-4-2)15-25-28(22)24-12-7-10-19(16-29)27-24/h6-7,9-15,29H,3-5,8,16H2,1-2H3. The van der Waals surface area contributed by atoms with Gasteiger partial charge in [0.25, 0.3) is 0 Å². The third-order valence-corrected chi connectivity index (χ3v) is 5.01. The molecule has 0 aliphatic carbocycles. The van der Waals surface area contributed by atoms with Crippen LogP contribution in [0.25, 0.3) is 28.0 Å². The van der Waals surface area contributed by atoms with Crippen LogP contribution < -0.4 is 4.74 Å². The molecule has 0 bridgehead atoms. The van der Waals surface area contributed by atoms with Crippen molar-refractivity contribution in [2.24, 2.45) is 0 Å². The van der Waals surface area contributed by atoms with Gasteiger partial charge in [-0.25, -0.2) is 9.67 Å². The van der Waals surface area contributed by atoms with Gasteiger partial charge >= 0.3 is 0 Å². The molecule has 6 nitrogen and oxygen atoms in total. The Kier molecular flexibility index (Phi) is 6.05. The molecule has 1 N–H and O–H groups in total. The Balaban J connectivity index is 1.85. The lowest BCUT2D eigenvalue weighted by Gasteiger charge is -2.11. The molecule has 0 atom stereocenters. The predicted molar refractivity (Wildman–Crippen MR) is 118 cm³/mol. The molecule has 154 valence electrons. The molecule has 0 saturated heterocycles. The Morgan fingerprint density at radius 1 is 1.00 bits per heavy atom. The normalized spacial score (nSPS) is 11.2. The summed E-state index contributed by atoms with van der Waals surface area (Å²) in [5, 5.41) is 14.9. The Bertz CT molecular complexity index is 1150. The zero-order valence-corrected chi connectivity index (χ0v) is 17.4. The van der Waals surface area contributed by atoms with Gasteiger partial charge in [-0.05, 0) is 56.2 Å². The van der Waals surface area contributed by atoms with E-state index in [9.17, 15) is 5.11 Å². The van der Waals surface area contributed by atoms with Gasteiger partial charge in [0, 0.05) is 11.3 Å². The number of hydrogen-bond acceptors (Lipinski definition) is 5. The second kappa shape index (κ2) is 9.05. The summed E-state index contributed by atoms with van der Waals surface area (Å²) in [5.74, 6) is 1.43. The zero-order valence-electron chi connectivity index (χ0n) is 17.4. The fourth-order valence-electron chi connectivity index (χ4n) is 3.51. The van der Waals surface area contributed by atoms with Crippen molar-refractivity contribution in [3.05, 3.63) is 66.1 Å². The van der Waals surface area contributed by atoms with E-state index in [1.165, 1.54) is 0 Å². The molecule has 1 aromatic carbocycles. The van der Waals surface area contributed by atoms with E-state index in [0.29, 0.717) is 18.1 Å². The number of nitrogens with zero attached hydrogens (tertiary/aromatic N) is 4. The molecule has 0 unspecified atom stereocenters. The van der Waals surface area contributed by atoms with Crippen molar-refractivity contribution in [3.8, 4) is 22.8 Å². The van der Waals surface area contributed by atoms with E-state index in [1.807, 2.05) is 31.2 Å². The van der Waals surface area contributed by atoms with Gasteiger partial charge in [-0.2, -0.15) is 5.10 Å². The number of aliphatic hydroxyl groups is 1. The minimum atomic E-state index is -0.114. The SMILES string of the molecule is CCCCc1cccc(-c2cc(OCC)c3cnn(-c4cccc(CO)n4)c3c2)n1. The maximum atomic E-state index is 9.45. The molecule has 0 radical (unpaired) electrons. The minimum Gasteiger partial charge on any atom is -0.493 e. The van der Waals surface area contributed by atoms with Crippen molar-refractivity contribution in [1.82, 2.24) is 19.7 Å². The van der Waals surface area contributed by atoms with Crippen molar-refractivity contribution in [1.29, 1.82) is 0 Å². The van der Waals surface area contributed by atoms with Gasteiger partial charge in [0.15, 0.2) is 5.82 Å². The highest BCUT2D eigenvalue weighted by Crippen LogP contribution is 2.33. The highest BCUT2D eigenvalue weighted by Gasteiger charge is 2.14. The number of aromatic nitrogens is 4. The topological polar surface area (TPSA) is 73.1 Å². The number of unbranched alkanes of at least 4 members (excludes halogenated alkanes) is 1. The molecule has 3 aromatic heterocycles. The molecule has 0 aliphatic heterocycles. The van der Waals surface area contributed by atoms with Gasteiger partial charge in [-0.15, -0.1) is 0 Å². The van der Waals surface area contributed by atoms with Crippen LogP contribution in [-0.4, -0.2) is 31.5 Å². The van der Waals surface area contributed by atoms with E-state index < -0.39 is 0 Å². The number of ether oxygens (including phenoxy) is 1. The number of aryl methyl sites for hydroxylation is 1. The predicted octanol–water partition coefficient (Wildman–Crippen LogP) is 4.72. The van der Waals surface area contributed by atoms with Gasteiger partial charge in [0.1, 0.15) is 5.75 Å². The Morgan fingerprint density at radius 3 is 2.63 bits per heavy atom. The lowest BCUT2D eigenvalue weighted by atomic mass is 10.1. The van der Waals surface area contributed by atoms with Crippen LogP contribution in [0.4, 0.5) is 0 Å². The Hall–Kier alpha value is -3.25. The van der Waals surface area contributed by atoms with Crippen LogP contribution in [-0.2, 0) is 13.0 Å². The second-order valence-corrected chi connectivity index (χ2v) is 7.16. The smallest absolute Gasteiger partial charge is 0.154 e. The summed E-state index contributed by atoms with van der Waals surface area (Å²) < 4.78 is 7.71. The number of benzene rings is 1. The number of fused-ring (bicyclic) bond motifs is 1. The van der Waals surface area contributed by atoms with E-state index in [2.05, 4.69) is 35.2 Å². The molecular weight excluding hydrogens is 376 g/mol. The van der Waals surface area contributed by atoms with E-state index in [0.717, 1.165) is 52.9 Å². The Morgan fingerprint density at radius 2 is 1.83 bits per heavy atom. The average Bonchev–Trinajstić information content (AvgIpc) is 3.22. The quantitative estimate of drug-likeness (QED) is 0.462. The van der Waals surface area contributed by atoms with E-state index in [-0.39, 0.29) is 6.61 Å². The first-order valence-corrected chi connectivity index (χ1v) is 10.4. The van der Waals surface area contributed by atoms with Crippen LogP contribution in [0, 0.1) is 0 Å². The molecule has 6 heteroatoms. The fraction of sp³-hybridized carbons (Fsp3) is 0.292. The van der Waals surface area contributed by atoms with E-state index >= 15 is 0 Å². The van der Waals surface area contributed by atoms with Crippen molar-refractivity contribution in [2.75, 3.05) is 6.61 Å². The van der Waals surface area contributed by atoms with Crippen molar-refractivity contribution >= 4 is 10.9 Å². The largest absolute Gasteiger partial charge is 0.493 e. The fourth-order valence-corrected chi connectivity index (χ4v) is 3.51. The van der Waals surface area contributed by atoms with Crippen LogP contribution in [0.1, 0.15) is 38.1 Å². The van der Waals surface area contributed by atoms with Crippen LogP contribution >= 0.6 is 0 Å². The molecule has 0 spiro atoms. The summed E-state index contributed by atoms with van der Waals surface area (Å²) >= 11 is 0. The van der Waals surface area contributed by atoms with Crippen LogP contribution in [0.15, 0.2) is 54.7 Å². The molecule has 0 fully saturated rings. The first kappa shape index (κ1) is 20.0. The zero-order chi connectivity index (χ0) is 20.9. The van der Waals surface area contributed by atoms with Crippen LogP contribution in [0.3, 0.4) is 0 Å². The number of rotatable bonds is 8. The lowest BCUT2D eigenvalue weighted by molar-refractivity contribution is 0.276. The number of pyridine rings is 2. The summed E-state index contributed by atoms with van der Waals surface area (Å²) in [6.45, 7) is 4.61. The van der Waals surface area contributed by atoms with E-state index in [4.69, 9.17) is 9.72 Å². The monoisotopic (exact) mass is 402 g/mol. The van der Waals surface area contributed by atoms with Gasteiger partial charge in [0.05, 0.1) is 41.7 Å². The Labute approximate surface area is 176 Å². The lowest BCUT2D eigenvalue weighted by Crippen LogP contribution is -2.02. The molecule has 0 aliphatic rings. The molecule has 4 rings (SSSR count). The molecule has 4 aromatic rings. The third-order valence-electron chi connectivity index (χ3n) is 5.01. The first-order valence-electron chi connectivity index (χ1n) is 10.4. The summed E-state index contributed by atoms with van der Waals surface area (Å²) in [6, 6.07) is 15.8. The first-order chi connectivity index (χ1) is 14.7. The maximum absolute atomic E-state index is 9.45. The summed E-state index contributed by atoms with van der Waals surface area (Å²) in [6.07, 6.45) is 5.04. The summed E-state index contributed by atoms with van der Waals surface area (Å²) in [5.41, 5.74) is 4.47. The molecule has 0 saturated carbocycles. The second-order valence-electron chi connectivity index (χ2n) is 7.16. The molecule has 30 heavy (non-hydrogen) atoms. The van der Waals surface area contributed by atoms with Gasteiger partial charge in [-0.1, -0.05) is 25.5 Å². The minimum absolute atomic E-state index is 0.114. The van der Waals surface area contributed by atoms with Gasteiger partial charge in [-0.3, -0.25) is 4.98 Å². The summed E-state index contributed by atoms with van der Waals surface area (Å²) in [4.78, 5) is 9.37. The summed E-state index contributed by atoms with van der Waals surface area (Å²) in [7, 11) is 0. The van der Waals surface area contributed by atoms with Crippen molar-refractivity contribution in [2.45, 2.75) is 39.7 Å². The van der Waals surface area contributed by atoms with Crippen molar-refractivity contribution < 1.29 is 9.84 Å². The van der Waals surface area contributed by atoms with Crippen LogP contribution in [0.5, 0.6) is 5.75 Å². The van der Waals surface area contributed by atoms with Crippen LogP contribution in [0.2, 0.25) is 0 Å². The number of hydrogen-bond donors (Lipinski definition) is 1. The highest BCUT2D eigenvalue weighted by molar-refractivity contribution is 5.90. The molecular formula is C24H26N4O2. The van der Waals surface area contributed by atoms with Gasteiger partial charge < -0.3 is 9.84 Å². The van der Waals surface area contributed by atoms with Crippen molar-refractivity contribution in [3.63, 3.8) is 0 Å². The van der Waals surface area contributed by atoms with Gasteiger partial charge in [0.2, 0.25) is 0 Å². The maximum Gasteiger partial charge on any atom is 0.154 e. The highest BCUT2D eigenvalue weighted by atomic mass is 16.5. The molecule has 0 amide bonds. The third kappa shape index (κ3) is 4.04. The van der Waals surface area contributed by atoms with E-state index in [1.54, 1.807) is 16.9 Å². The number of aliphatic hydroxyl groups excluding tert-OH is 1.